The number of fused-ring (bicyclic) bond motifs is 1. The molecule has 1 N–H and O–H groups in total. The molecular weight excluding hydrogens is 294 g/mol. The van der Waals surface area contributed by atoms with E-state index in [2.05, 4.69) is 11.4 Å². The van der Waals surface area contributed by atoms with Crippen LogP contribution < -0.4 is 10.1 Å². The minimum absolute atomic E-state index is 0.0118. The molecule has 3 nitrogen and oxygen atoms in total. The number of nitrogens with one attached hydrogen (secondary N) is 1. The summed E-state index contributed by atoms with van der Waals surface area (Å²) >= 11 is 1.65. The van der Waals surface area contributed by atoms with Crippen molar-refractivity contribution in [2.45, 2.75) is 39.0 Å². The molecule has 1 aliphatic carbocycles. The standard InChI is InChI=1S/C18H21NO2S/c1-2-21-15-10-8-14(9-11-15)19-18(20)17-12-13-6-4-3-5-7-16(13)22-17/h8-12H,2-7H2,1H3,(H,19,20). The van der Waals surface area contributed by atoms with Crippen molar-refractivity contribution in [2.24, 2.45) is 0 Å². The summed E-state index contributed by atoms with van der Waals surface area (Å²) in [6.45, 7) is 2.60. The summed E-state index contributed by atoms with van der Waals surface area (Å²) in [4.78, 5) is 14.6. The molecule has 0 saturated heterocycles. The van der Waals surface area contributed by atoms with Gasteiger partial charge in [-0.05, 0) is 68.5 Å². The quantitative estimate of drug-likeness (QED) is 0.833. The van der Waals surface area contributed by atoms with Crippen molar-refractivity contribution < 1.29 is 9.53 Å². The van der Waals surface area contributed by atoms with E-state index < -0.39 is 0 Å². The maximum atomic E-state index is 12.4. The van der Waals surface area contributed by atoms with Gasteiger partial charge in [-0.3, -0.25) is 4.79 Å². The zero-order valence-corrected chi connectivity index (χ0v) is 13.7. The summed E-state index contributed by atoms with van der Waals surface area (Å²) in [5.41, 5.74) is 2.18. The molecule has 1 aromatic heterocycles. The third kappa shape index (κ3) is 3.50. The number of thiophene rings is 1. The highest BCUT2D eigenvalue weighted by molar-refractivity contribution is 7.14. The van der Waals surface area contributed by atoms with Crippen LogP contribution in [-0.4, -0.2) is 12.5 Å². The number of amides is 1. The summed E-state index contributed by atoms with van der Waals surface area (Å²) in [6, 6.07) is 9.59. The van der Waals surface area contributed by atoms with Gasteiger partial charge in [0.1, 0.15) is 5.75 Å². The molecule has 2 aromatic rings. The summed E-state index contributed by atoms with van der Waals surface area (Å²) in [6.07, 6.45) is 6.02. The molecule has 1 heterocycles. The Morgan fingerprint density at radius 3 is 2.73 bits per heavy atom. The Bertz CT molecular complexity index is 622. The first-order valence-corrected chi connectivity index (χ1v) is 8.73. The van der Waals surface area contributed by atoms with E-state index in [1.165, 1.54) is 29.7 Å². The molecule has 116 valence electrons. The average Bonchev–Trinajstić information content (AvgIpc) is 2.81. The van der Waals surface area contributed by atoms with Crippen molar-refractivity contribution in [2.75, 3.05) is 11.9 Å². The van der Waals surface area contributed by atoms with E-state index in [1.807, 2.05) is 31.2 Å². The molecule has 0 atom stereocenters. The number of aryl methyl sites for hydroxylation is 2. The largest absolute Gasteiger partial charge is 0.494 e. The zero-order valence-electron chi connectivity index (χ0n) is 12.9. The lowest BCUT2D eigenvalue weighted by Crippen LogP contribution is -2.10. The first-order chi connectivity index (χ1) is 10.8. The molecular formula is C18H21NO2S. The van der Waals surface area contributed by atoms with Crippen LogP contribution in [0.15, 0.2) is 30.3 Å². The molecule has 0 fully saturated rings. The Hall–Kier alpha value is -1.81. The van der Waals surface area contributed by atoms with Crippen LogP contribution in [-0.2, 0) is 12.8 Å². The predicted molar refractivity (Wildman–Crippen MR) is 91.1 cm³/mol. The van der Waals surface area contributed by atoms with E-state index in [1.54, 1.807) is 11.3 Å². The highest BCUT2D eigenvalue weighted by atomic mass is 32.1. The fourth-order valence-electron chi connectivity index (χ4n) is 2.77. The van der Waals surface area contributed by atoms with Crippen molar-refractivity contribution in [3.05, 3.63) is 45.6 Å². The van der Waals surface area contributed by atoms with Crippen molar-refractivity contribution >= 4 is 22.9 Å². The summed E-state index contributed by atoms with van der Waals surface area (Å²) in [7, 11) is 0. The Morgan fingerprint density at radius 1 is 1.18 bits per heavy atom. The second-order valence-corrected chi connectivity index (χ2v) is 6.67. The second kappa shape index (κ2) is 6.97. The smallest absolute Gasteiger partial charge is 0.265 e. The lowest BCUT2D eigenvalue weighted by molar-refractivity contribution is 0.103. The third-order valence-electron chi connectivity index (χ3n) is 3.89. The third-order valence-corrected chi connectivity index (χ3v) is 5.13. The van der Waals surface area contributed by atoms with Gasteiger partial charge in [0, 0.05) is 10.6 Å². The highest BCUT2D eigenvalue weighted by Gasteiger charge is 2.16. The first-order valence-electron chi connectivity index (χ1n) is 7.92. The number of hydrogen-bond acceptors (Lipinski definition) is 3. The van der Waals surface area contributed by atoms with Gasteiger partial charge in [0.15, 0.2) is 0 Å². The van der Waals surface area contributed by atoms with Crippen molar-refractivity contribution in [3.63, 3.8) is 0 Å². The van der Waals surface area contributed by atoms with Crippen LogP contribution in [0.2, 0.25) is 0 Å². The Labute approximate surface area is 135 Å². The summed E-state index contributed by atoms with van der Waals surface area (Å²) in [5.74, 6) is 0.811. The van der Waals surface area contributed by atoms with Crippen LogP contribution in [0.5, 0.6) is 5.75 Å². The number of anilines is 1. The van der Waals surface area contributed by atoms with Crippen molar-refractivity contribution in [1.29, 1.82) is 0 Å². The molecule has 1 aliphatic rings. The fourth-order valence-corrected chi connectivity index (χ4v) is 3.92. The Morgan fingerprint density at radius 2 is 1.95 bits per heavy atom. The topological polar surface area (TPSA) is 38.3 Å². The van der Waals surface area contributed by atoms with E-state index in [0.717, 1.165) is 29.2 Å². The van der Waals surface area contributed by atoms with Gasteiger partial charge < -0.3 is 10.1 Å². The minimum atomic E-state index is -0.0118. The van der Waals surface area contributed by atoms with Crippen molar-refractivity contribution in [1.82, 2.24) is 0 Å². The molecule has 3 rings (SSSR count). The normalized spacial score (nSPS) is 14.0. The molecule has 0 radical (unpaired) electrons. The van der Waals surface area contributed by atoms with Gasteiger partial charge in [-0.15, -0.1) is 11.3 Å². The lowest BCUT2D eigenvalue weighted by Gasteiger charge is -2.06. The molecule has 4 heteroatoms. The first kappa shape index (κ1) is 15.1. The predicted octanol–water partition coefficient (Wildman–Crippen LogP) is 4.67. The van der Waals surface area contributed by atoms with E-state index in [9.17, 15) is 4.79 Å². The number of hydrogen-bond donors (Lipinski definition) is 1. The molecule has 0 unspecified atom stereocenters. The van der Waals surface area contributed by atoms with E-state index in [4.69, 9.17) is 4.74 Å². The van der Waals surface area contributed by atoms with Crippen molar-refractivity contribution in [3.8, 4) is 5.75 Å². The number of benzene rings is 1. The van der Waals surface area contributed by atoms with Gasteiger partial charge in [0.05, 0.1) is 11.5 Å². The van der Waals surface area contributed by atoms with Gasteiger partial charge in [-0.1, -0.05) is 6.42 Å². The maximum Gasteiger partial charge on any atom is 0.265 e. The monoisotopic (exact) mass is 315 g/mol. The van der Waals surface area contributed by atoms with Crippen LogP contribution in [0, 0.1) is 0 Å². The molecule has 0 aliphatic heterocycles. The number of carbonyl (C=O) groups is 1. The molecule has 0 bridgehead atoms. The highest BCUT2D eigenvalue weighted by Crippen LogP contribution is 2.29. The minimum Gasteiger partial charge on any atom is -0.494 e. The SMILES string of the molecule is CCOc1ccc(NC(=O)c2cc3c(s2)CCCCC3)cc1. The van der Waals surface area contributed by atoms with Gasteiger partial charge in [-0.25, -0.2) is 0 Å². The van der Waals surface area contributed by atoms with Crippen LogP contribution in [0.1, 0.15) is 46.3 Å². The van der Waals surface area contributed by atoms with Gasteiger partial charge in [-0.2, -0.15) is 0 Å². The molecule has 0 spiro atoms. The van der Waals surface area contributed by atoms with Gasteiger partial charge in [0.25, 0.3) is 5.91 Å². The lowest BCUT2D eigenvalue weighted by atomic mass is 10.1. The van der Waals surface area contributed by atoms with E-state index >= 15 is 0 Å². The fraction of sp³-hybridized carbons (Fsp3) is 0.389. The summed E-state index contributed by atoms with van der Waals surface area (Å²) < 4.78 is 5.41. The zero-order chi connectivity index (χ0) is 15.4. The molecule has 1 amide bonds. The van der Waals surface area contributed by atoms with Crippen LogP contribution in [0.3, 0.4) is 0 Å². The molecule has 0 saturated carbocycles. The van der Waals surface area contributed by atoms with E-state index in [0.29, 0.717) is 6.61 Å². The molecule has 22 heavy (non-hydrogen) atoms. The van der Waals surface area contributed by atoms with Crippen LogP contribution >= 0.6 is 11.3 Å². The van der Waals surface area contributed by atoms with E-state index in [-0.39, 0.29) is 5.91 Å². The number of ether oxygens (including phenoxy) is 1. The van der Waals surface area contributed by atoms with Crippen LogP contribution in [0.4, 0.5) is 5.69 Å². The Kier molecular flexibility index (Phi) is 4.78. The number of rotatable bonds is 4. The maximum absolute atomic E-state index is 12.4. The molecule has 1 aromatic carbocycles. The average molecular weight is 315 g/mol. The number of carbonyl (C=O) groups excluding carboxylic acids is 1. The van der Waals surface area contributed by atoms with Crippen LogP contribution in [0.25, 0.3) is 0 Å². The summed E-state index contributed by atoms with van der Waals surface area (Å²) in [5, 5.41) is 2.97. The van der Waals surface area contributed by atoms with Gasteiger partial charge >= 0.3 is 0 Å². The van der Waals surface area contributed by atoms with Gasteiger partial charge in [0.2, 0.25) is 0 Å². The second-order valence-electron chi connectivity index (χ2n) is 5.53. The Balaban J connectivity index is 1.69.